The van der Waals surface area contributed by atoms with Gasteiger partial charge < -0.3 is 15.0 Å². The Morgan fingerprint density at radius 2 is 2.19 bits per heavy atom. The summed E-state index contributed by atoms with van der Waals surface area (Å²) in [5, 5.41) is 2.92. The van der Waals surface area contributed by atoms with Gasteiger partial charge in [-0.3, -0.25) is 4.79 Å². The molecular formula is C16H23FN2O2. The van der Waals surface area contributed by atoms with E-state index in [2.05, 4.69) is 10.2 Å². The number of rotatable bonds is 5. The van der Waals surface area contributed by atoms with Crippen LogP contribution in [-0.4, -0.2) is 50.2 Å². The SMILES string of the molecule is C[C@@H](CC(=O)NC[C@H]1CN(C)CCO1)c1ccc(F)cc1. The van der Waals surface area contributed by atoms with Crippen molar-refractivity contribution in [2.75, 3.05) is 33.3 Å². The van der Waals surface area contributed by atoms with Crippen LogP contribution in [0.4, 0.5) is 4.39 Å². The molecule has 0 spiro atoms. The summed E-state index contributed by atoms with van der Waals surface area (Å²) in [4.78, 5) is 14.2. The minimum absolute atomic E-state index is 0.00338. The predicted molar refractivity (Wildman–Crippen MR) is 79.7 cm³/mol. The summed E-state index contributed by atoms with van der Waals surface area (Å²) in [7, 11) is 2.05. The fourth-order valence-corrected chi connectivity index (χ4v) is 2.48. The Morgan fingerprint density at radius 1 is 1.48 bits per heavy atom. The molecule has 1 amide bonds. The standard InChI is InChI=1S/C16H23FN2O2/c1-12(13-3-5-14(17)6-4-13)9-16(20)18-10-15-11-19(2)7-8-21-15/h3-6,12,15H,7-11H2,1-2H3,(H,18,20)/t12-,15-/m0/s1. The highest BCUT2D eigenvalue weighted by Gasteiger charge is 2.19. The van der Waals surface area contributed by atoms with Gasteiger partial charge in [-0.25, -0.2) is 4.39 Å². The third-order valence-electron chi connectivity index (χ3n) is 3.80. The Kier molecular flexibility index (Phi) is 5.70. The first-order chi connectivity index (χ1) is 10.0. The number of nitrogens with one attached hydrogen (secondary N) is 1. The Labute approximate surface area is 125 Å². The van der Waals surface area contributed by atoms with Crippen LogP contribution in [0.5, 0.6) is 0 Å². The zero-order valence-corrected chi connectivity index (χ0v) is 12.6. The first-order valence-corrected chi connectivity index (χ1v) is 7.37. The van der Waals surface area contributed by atoms with Crippen molar-refractivity contribution < 1.29 is 13.9 Å². The molecule has 21 heavy (non-hydrogen) atoms. The highest BCUT2D eigenvalue weighted by atomic mass is 19.1. The van der Waals surface area contributed by atoms with Crippen LogP contribution in [0.1, 0.15) is 24.8 Å². The molecule has 1 N–H and O–H groups in total. The molecule has 1 aliphatic heterocycles. The Morgan fingerprint density at radius 3 is 2.86 bits per heavy atom. The number of carbonyl (C=O) groups is 1. The van der Waals surface area contributed by atoms with Crippen LogP contribution in [0.3, 0.4) is 0 Å². The second kappa shape index (κ2) is 7.52. The lowest BCUT2D eigenvalue weighted by atomic mass is 9.97. The molecule has 0 unspecified atom stereocenters. The molecule has 1 aromatic carbocycles. The summed E-state index contributed by atoms with van der Waals surface area (Å²) in [6.07, 6.45) is 0.461. The van der Waals surface area contributed by atoms with Gasteiger partial charge in [-0.15, -0.1) is 0 Å². The van der Waals surface area contributed by atoms with Gasteiger partial charge in [0.05, 0.1) is 12.7 Å². The Bertz CT molecular complexity index is 464. The van der Waals surface area contributed by atoms with Crippen molar-refractivity contribution in [3.63, 3.8) is 0 Å². The summed E-state index contributed by atoms with van der Waals surface area (Å²) in [5.41, 5.74) is 0.972. The van der Waals surface area contributed by atoms with Gasteiger partial charge in [0.15, 0.2) is 0 Å². The molecule has 1 fully saturated rings. The number of hydrogen-bond donors (Lipinski definition) is 1. The number of nitrogens with zero attached hydrogens (tertiary/aromatic N) is 1. The zero-order valence-electron chi connectivity index (χ0n) is 12.6. The molecule has 1 aromatic rings. The minimum Gasteiger partial charge on any atom is -0.374 e. The number of benzene rings is 1. The lowest BCUT2D eigenvalue weighted by Gasteiger charge is -2.30. The van der Waals surface area contributed by atoms with Crippen LogP contribution in [0, 0.1) is 5.82 Å². The van der Waals surface area contributed by atoms with Crippen LogP contribution in [0.15, 0.2) is 24.3 Å². The molecule has 2 rings (SSSR count). The average Bonchev–Trinajstić information content (AvgIpc) is 2.46. The van der Waals surface area contributed by atoms with E-state index in [0.717, 1.165) is 18.7 Å². The van der Waals surface area contributed by atoms with Gasteiger partial charge in [-0.1, -0.05) is 19.1 Å². The lowest BCUT2D eigenvalue weighted by Crippen LogP contribution is -2.46. The van der Waals surface area contributed by atoms with E-state index in [1.165, 1.54) is 12.1 Å². The molecule has 4 nitrogen and oxygen atoms in total. The Hall–Kier alpha value is -1.46. The lowest BCUT2D eigenvalue weighted by molar-refractivity contribution is -0.122. The minimum atomic E-state index is -0.256. The third-order valence-corrected chi connectivity index (χ3v) is 3.80. The quantitative estimate of drug-likeness (QED) is 0.900. The number of ether oxygens (including phenoxy) is 1. The highest BCUT2D eigenvalue weighted by molar-refractivity contribution is 5.76. The Balaban J connectivity index is 1.74. The topological polar surface area (TPSA) is 41.6 Å². The van der Waals surface area contributed by atoms with Crippen molar-refractivity contribution >= 4 is 5.91 Å². The third kappa shape index (κ3) is 5.10. The number of halogens is 1. The fraction of sp³-hybridized carbons (Fsp3) is 0.562. The smallest absolute Gasteiger partial charge is 0.220 e. The predicted octanol–water partition coefficient (Wildman–Crippen LogP) is 1.77. The molecule has 0 aliphatic carbocycles. The molecular weight excluding hydrogens is 271 g/mol. The second-order valence-electron chi connectivity index (χ2n) is 5.72. The first-order valence-electron chi connectivity index (χ1n) is 7.37. The van der Waals surface area contributed by atoms with Gasteiger partial charge >= 0.3 is 0 Å². The molecule has 1 saturated heterocycles. The van der Waals surface area contributed by atoms with Gasteiger partial charge in [0, 0.05) is 26.1 Å². The van der Waals surface area contributed by atoms with Crippen LogP contribution in [0.25, 0.3) is 0 Å². The first kappa shape index (κ1) is 15.9. The van der Waals surface area contributed by atoms with Gasteiger partial charge in [0.1, 0.15) is 5.82 Å². The van der Waals surface area contributed by atoms with E-state index in [-0.39, 0.29) is 23.7 Å². The van der Waals surface area contributed by atoms with Crippen LogP contribution in [-0.2, 0) is 9.53 Å². The van der Waals surface area contributed by atoms with Gasteiger partial charge in [0.25, 0.3) is 0 Å². The van der Waals surface area contributed by atoms with Crippen LogP contribution >= 0.6 is 0 Å². The fourth-order valence-electron chi connectivity index (χ4n) is 2.48. The summed E-state index contributed by atoms with van der Waals surface area (Å²) in [6.45, 7) is 5.00. The van der Waals surface area contributed by atoms with E-state index in [0.29, 0.717) is 19.6 Å². The van der Waals surface area contributed by atoms with Crippen LogP contribution < -0.4 is 5.32 Å². The van der Waals surface area contributed by atoms with Crippen molar-refractivity contribution in [2.45, 2.75) is 25.4 Å². The molecule has 2 atom stereocenters. The summed E-state index contributed by atoms with van der Waals surface area (Å²) < 4.78 is 18.5. The maximum Gasteiger partial charge on any atom is 0.220 e. The highest BCUT2D eigenvalue weighted by Crippen LogP contribution is 2.19. The van der Waals surface area contributed by atoms with Gasteiger partial charge in [-0.2, -0.15) is 0 Å². The van der Waals surface area contributed by atoms with E-state index in [1.807, 2.05) is 14.0 Å². The maximum atomic E-state index is 12.9. The normalized spacial score (nSPS) is 21.0. The van der Waals surface area contributed by atoms with Crippen molar-refractivity contribution in [1.82, 2.24) is 10.2 Å². The monoisotopic (exact) mass is 294 g/mol. The van der Waals surface area contributed by atoms with E-state index in [1.54, 1.807) is 12.1 Å². The van der Waals surface area contributed by atoms with Crippen molar-refractivity contribution in [2.24, 2.45) is 0 Å². The molecule has 1 heterocycles. The van der Waals surface area contributed by atoms with Gasteiger partial charge in [0.2, 0.25) is 5.91 Å². The molecule has 1 aliphatic rings. The van der Waals surface area contributed by atoms with Gasteiger partial charge in [-0.05, 0) is 30.7 Å². The van der Waals surface area contributed by atoms with Crippen molar-refractivity contribution in [1.29, 1.82) is 0 Å². The van der Waals surface area contributed by atoms with Crippen LogP contribution in [0.2, 0.25) is 0 Å². The van der Waals surface area contributed by atoms with Crippen molar-refractivity contribution in [3.05, 3.63) is 35.6 Å². The number of likely N-dealkylation sites (N-methyl/N-ethyl adjacent to an activating group) is 1. The van der Waals surface area contributed by atoms with E-state index < -0.39 is 0 Å². The molecule has 0 aromatic heterocycles. The number of hydrogen-bond acceptors (Lipinski definition) is 3. The number of morpholine rings is 1. The van der Waals surface area contributed by atoms with Crippen molar-refractivity contribution in [3.8, 4) is 0 Å². The van der Waals surface area contributed by atoms with E-state index >= 15 is 0 Å². The maximum absolute atomic E-state index is 12.9. The summed E-state index contributed by atoms with van der Waals surface area (Å²) >= 11 is 0. The average molecular weight is 294 g/mol. The molecule has 0 saturated carbocycles. The molecule has 0 bridgehead atoms. The van der Waals surface area contributed by atoms with E-state index in [4.69, 9.17) is 4.74 Å². The van der Waals surface area contributed by atoms with E-state index in [9.17, 15) is 9.18 Å². The summed E-state index contributed by atoms with van der Waals surface area (Å²) in [6, 6.07) is 6.31. The molecule has 5 heteroatoms. The largest absolute Gasteiger partial charge is 0.374 e. The second-order valence-corrected chi connectivity index (χ2v) is 5.72. The molecule has 116 valence electrons. The number of amides is 1. The number of carbonyl (C=O) groups excluding carboxylic acids is 1. The zero-order chi connectivity index (χ0) is 15.2. The molecule has 0 radical (unpaired) electrons. The summed E-state index contributed by atoms with van der Waals surface area (Å²) in [5.74, 6) is -0.182.